The SMILES string of the molecule is CCc1ccc(NC(=O)c2ccc(CN(c3c(C)cccc3C)S(C)(=O)=O)cc2)cc1. The third kappa shape index (κ3) is 5.52. The van der Waals surface area contributed by atoms with E-state index in [0.29, 0.717) is 11.3 Å². The fourth-order valence-electron chi connectivity index (χ4n) is 3.52. The monoisotopic (exact) mass is 436 g/mol. The molecule has 0 aliphatic rings. The maximum absolute atomic E-state index is 12.6. The van der Waals surface area contributed by atoms with Crippen LogP contribution >= 0.6 is 0 Å². The number of aryl methyl sites for hydroxylation is 3. The summed E-state index contributed by atoms with van der Waals surface area (Å²) in [6.07, 6.45) is 2.16. The Balaban J connectivity index is 1.78. The molecule has 3 aromatic carbocycles. The van der Waals surface area contributed by atoms with Gasteiger partial charge in [-0.15, -0.1) is 0 Å². The molecule has 3 rings (SSSR count). The van der Waals surface area contributed by atoms with E-state index in [2.05, 4.69) is 12.2 Å². The number of sulfonamides is 1. The van der Waals surface area contributed by atoms with Crippen LogP contribution in [0.5, 0.6) is 0 Å². The van der Waals surface area contributed by atoms with Crippen LogP contribution in [0.3, 0.4) is 0 Å². The smallest absolute Gasteiger partial charge is 0.255 e. The predicted molar refractivity (Wildman–Crippen MR) is 127 cm³/mol. The van der Waals surface area contributed by atoms with Gasteiger partial charge < -0.3 is 5.32 Å². The maximum Gasteiger partial charge on any atom is 0.255 e. The Bertz CT molecular complexity index is 1150. The number of nitrogens with zero attached hydrogens (tertiary/aromatic N) is 1. The highest BCUT2D eigenvalue weighted by atomic mass is 32.2. The van der Waals surface area contributed by atoms with Crippen LogP contribution in [0.1, 0.15) is 39.5 Å². The highest BCUT2D eigenvalue weighted by Gasteiger charge is 2.21. The van der Waals surface area contributed by atoms with Gasteiger partial charge in [-0.05, 0) is 66.8 Å². The van der Waals surface area contributed by atoms with Gasteiger partial charge in [-0.1, -0.05) is 49.4 Å². The first-order valence-electron chi connectivity index (χ1n) is 10.2. The van der Waals surface area contributed by atoms with E-state index in [1.54, 1.807) is 24.3 Å². The molecule has 162 valence electrons. The van der Waals surface area contributed by atoms with Gasteiger partial charge in [0.25, 0.3) is 5.91 Å². The van der Waals surface area contributed by atoms with E-state index >= 15 is 0 Å². The number of hydrogen-bond acceptors (Lipinski definition) is 3. The quantitative estimate of drug-likeness (QED) is 0.561. The summed E-state index contributed by atoms with van der Waals surface area (Å²) < 4.78 is 26.5. The Morgan fingerprint density at radius 1 is 0.871 bits per heavy atom. The van der Waals surface area contributed by atoms with Crippen LogP contribution in [-0.4, -0.2) is 20.6 Å². The van der Waals surface area contributed by atoms with Crippen LogP contribution in [0.25, 0.3) is 0 Å². The highest BCUT2D eigenvalue weighted by Crippen LogP contribution is 2.28. The van der Waals surface area contributed by atoms with Crippen molar-refractivity contribution >= 4 is 27.3 Å². The molecule has 0 unspecified atom stereocenters. The Morgan fingerprint density at radius 2 is 1.42 bits per heavy atom. The summed E-state index contributed by atoms with van der Waals surface area (Å²) in [5.41, 5.74) is 5.76. The summed E-state index contributed by atoms with van der Waals surface area (Å²) in [7, 11) is -3.48. The number of benzene rings is 3. The largest absolute Gasteiger partial charge is 0.322 e. The van der Waals surface area contributed by atoms with Gasteiger partial charge in [-0.25, -0.2) is 8.42 Å². The van der Waals surface area contributed by atoms with Gasteiger partial charge in [0.1, 0.15) is 0 Å². The molecule has 0 heterocycles. The number of carbonyl (C=O) groups is 1. The van der Waals surface area contributed by atoms with Crippen LogP contribution in [0.2, 0.25) is 0 Å². The molecule has 5 nitrogen and oxygen atoms in total. The number of para-hydroxylation sites is 1. The van der Waals surface area contributed by atoms with E-state index in [-0.39, 0.29) is 12.5 Å². The lowest BCUT2D eigenvalue weighted by molar-refractivity contribution is 0.102. The number of carbonyl (C=O) groups excluding carboxylic acids is 1. The zero-order valence-electron chi connectivity index (χ0n) is 18.3. The van der Waals surface area contributed by atoms with Crippen LogP contribution in [0.4, 0.5) is 11.4 Å². The summed E-state index contributed by atoms with van der Waals surface area (Å²) in [6.45, 7) is 6.09. The summed E-state index contributed by atoms with van der Waals surface area (Å²) in [5.74, 6) is -0.203. The van der Waals surface area contributed by atoms with Crippen LogP contribution in [0.15, 0.2) is 66.7 Å². The lowest BCUT2D eigenvalue weighted by atomic mass is 10.1. The number of nitrogens with one attached hydrogen (secondary N) is 1. The van der Waals surface area contributed by atoms with Crippen molar-refractivity contribution in [3.8, 4) is 0 Å². The summed E-state index contributed by atoms with van der Waals surface area (Å²) in [5, 5.41) is 2.89. The molecule has 1 N–H and O–H groups in total. The van der Waals surface area contributed by atoms with Crippen LogP contribution < -0.4 is 9.62 Å². The average molecular weight is 437 g/mol. The van der Waals surface area contributed by atoms with Crippen molar-refractivity contribution in [2.75, 3.05) is 15.9 Å². The minimum Gasteiger partial charge on any atom is -0.322 e. The fourth-order valence-corrected chi connectivity index (χ4v) is 4.52. The zero-order valence-corrected chi connectivity index (χ0v) is 19.2. The molecule has 0 radical (unpaired) electrons. The first kappa shape index (κ1) is 22.6. The molecule has 0 fully saturated rings. The van der Waals surface area contributed by atoms with Crippen molar-refractivity contribution in [3.63, 3.8) is 0 Å². The molecule has 0 aromatic heterocycles. The van der Waals surface area contributed by atoms with Gasteiger partial charge >= 0.3 is 0 Å². The summed E-state index contributed by atoms with van der Waals surface area (Å²) in [4.78, 5) is 12.6. The number of rotatable bonds is 7. The van der Waals surface area contributed by atoms with E-state index in [9.17, 15) is 13.2 Å². The van der Waals surface area contributed by atoms with Gasteiger partial charge in [0.05, 0.1) is 18.5 Å². The Kier molecular flexibility index (Phi) is 6.81. The molecule has 0 spiro atoms. The molecule has 0 aliphatic heterocycles. The molecule has 0 bridgehead atoms. The topological polar surface area (TPSA) is 66.5 Å². The molecule has 1 amide bonds. The molecule has 0 saturated heterocycles. The second-order valence-electron chi connectivity index (χ2n) is 7.71. The third-order valence-corrected chi connectivity index (χ3v) is 6.36. The van der Waals surface area contributed by atoms with Crippen molar-refractivity contribution in [1.82, 2.24) is 0 Å². The lowest BCUT2D eigenvalue weighted by Crippen LogP contribution is -2.30. The first-order chi connectivity index (χ1) is 14.7. The predicted octanol–water partition coefficient (Wildman–Crippen LogP) is 5.08. The van der Waals surface area contributed by atoms with Crippen molar-refractivity contribution in [1.29, 1.82) is 0 Å². The van der Waals surface area contributed by atoms with Crippen LogP contribution in [-0.2, 0) is 23.0 Å². The van der Waals surface area contributed by atoms with Gasteiger partial charge in [0.2, 0.25) is 10.0 Å². The van der Waals surface area contributed by atoms with E-state index < -0.39 is 10.0 Å². The van der Waals surface area contributed by atoms with E-state index in [1.807, 2.05) is 56.3 Å². The van der Waals surface area contributed by atoms with Crippen molar-refractivity contribution in [2.24, 2.45) is 0 Å². The number of amides is 1. The first-order valence-corrected chi connectivity index (χ1v) is 12.1. The molecular weight excluding hydrogens is 408 g/mol. The molecular formula is C25H28N2O3S. The van der Waals surface area contributed by atoms with E-state index in [4.69, 9.17) is 0 Å². The zero-order chi connectivity index (χ0) is 22.6. The average Bonchev–Trinajstić information content (AvgIpc) is 2.73. The minimum absolute atomic E-state index is 0.199. The van der Waals surface area contributed by atoms with Crippen molar-refractivity contribution in [3.05, 3.63) is 94.5 Å². The standard InChI is InChI=1S/C25H28N2O3S/c1-5-20-11-15-23(16-12-20)26-25(28)22-13-9-21(10-14-22)17-27(31(4,29)30)24-18(2)7-6-8-19(24)3/h6-16H,5,17H2,1-4H3,(H,26,28). The van der Waals surface area contributed by atoms with Crippen LogP contribution in [0, 0.1) is 13.8 Å². The lowest BCUT2D eigenvalue weighted by Gasteiger charge is -2.26. The molecule has 0 atom stereocenters. The molecule has 3 aromatic rings. The maximum atomic E-state index is 12.6. The molecule has 31 heavy (non-hydrogen) atoms. The number of anilines is 2. The molecule has 0 saturated carbocycles. The van der Waals surface area contributed by atoms with Crippen molar-refractivity contribution < 1.29 is 13.2 Å². The van der Waals surface area contributed by atoms with Crippen molar-refractivity contribution in [2.45, 2.75) is 33.7 Å². The Morgan fingerprint density at radius 3 is 1.94 bits per heavy atom. The van der Waals surface area contributed by atoms with E-state index in [1.165, 1.54) is 16.1 Å². The number of hydrogen-bond donors (Lipinski definition) is 1. The van der Waals surface area contributed by atoms with Gasteiger partial charge in [0, 0.05) is 11.3 Å². The fraction of sp³-hybridized carbons (Fsp3) is 0.240. The summed E-state index contributed by atoms with van der Waals surface area (Å²) in [6, 6.07) is 20.5. The third-order valence-electron chi connectivity index (χ3n) is 5.25. The normalized spacial score (nSPS) is 11.2. The minimum atomic E-state index is -3.48. The second kappa shape index (κ2) is 9.35. The molecule has 6 heteroatoms. The Hall–Kier alpha value is -3.12. The summed E-state index contributed by atoms with van der Waals surface area (Å²) >= 11 is 0. The van der Waals surface area contributed by atoms with E-state index in [0.717, 1.165) is 28.8 Å². The Labute approximate surface area is 184 Å². The second-order valence-corrected chi connectivity index (χ2v) is 9.62. The molecule has 0 aliphatic carbocycles. The van der Waals surface area contributed by atoms with Gasteiger partial charge in [0.15, 0.2) is 0 Å². The van der Waals surface area contributed by atoms with Gasteiger partial charge in [-0.2, -0.15) is 0 Å². The highest BCUT2D eigenvalue weighted by molar-refractivity contribution is 7.92. The van der Waals surface area contributed by atoms with Gasteiger partial charge in [-0.3, -0.25) is 9.10 Å².